The summed E-state index contributed by atoms with van der Waals surface area (Å²) in [6.45, 7) is 2.38. The van der Waals surface area contributed by atoms with Gasteiger partial charge in [-0.25, -0.2) is 4.79 Å². The minimum atomic E-state index is -0.988. The highest BCUT2D eigenvalue weighted by Crippen LogP contribution is 2.34. The van der Waals surface area contributed by atoms with Crippen LogP contribution in [0, 0.1) is 0 Å². The molecule has 210 valence electrons. The molecule has 0 bridgehead atoms. The number of carbonyl (C=O) groups excluding carboxylic acids is 3. The number of anilines is 1. The molecule has 41 heavy (non-hydrogen) atoms. The lowest BCUT2D eigenvalue weighted by molar-refractivity contribution is -0.136. The van der Waals surface area contributed by atoms with Crippen LogP contribution in [0.1, 0.15) is 21.5 Å². The molecule has 2 aliphatic heterocycles. The van der Waals surface area contributed by atoms with Gasteiger partial charge in [0.1, 0.15) is 18.9 Å². The zero-order valence-corrected chi connectivity index (χ0v) is 24.3. The summed E-state index contributed by atoms with van der Waals surface area (Å²) in [5.74, 6) is -1.16. The number of nitrogens with zero attached hydrogens (tertiary/aromatic N) is 3. The van der Waals surface area contributed by atoms with Crippen molar-refractivity contribution in [1.29, 1.82) is 0 Å². The number of ether oxygens (including phenoxy) is 1. The maximum atomic E-state index is 13.0. The van der Waals surface area contributed by atoms with Crippen LogP contribution < -0.4 is 9.64 Å². The van der Waals surface area contributed by atoms with Crippen LogP contribution in [-0.2, 0) is 16.2 Å². The lowest BCUT2D eigenvalue weighted by Crippen LogP contribution is -2.51. The van der Waals surface area contributed by atoms with E-state index in [4.69, 9.17) is 9.84 Å². The molecule has 0 radical (unpaired) electrons. The number of carbonyl (C=O) groups is 4. The van der Waals surface area contributed by atoms with Crippen LogP contribution in [0.15, 0.2) is 82.2 Å². The number of rotatable bonds is 8. The Kier molecular flexibility index (Phi) is 8.75. The lowest BCUT2D eigenvalue weighted by atomic mass is 10.1. The minimum Gasteiger partial charge on any atom is -0.488 e. The molecule has 0 unspecified atom stereocenters. The van der Waals surface area contributed by atoms with E-state index in [1.807, 2.05) is 30.3 Å². The fourth-order valence-corrected chi connectivity index (χ4v) is 5.85. The molecule has 0 saturated carbocycles. The van der Waals surface area contributed by atoms with Crippen molar-refractivity contribution in [2.75, 3.05) is 37.6 Å². The van der Waals surface area contributed by atoms with Crippen LogP contribution in [0.4, 0.5) is 10.5 Å². The van der Waals surface area contributed by atoms with E-state index in [1.54, 1.807) is 41.3 Å². The Labute approximate surface area is 249 Å². The minimum absolute atomic E-state index is 0.203. The largest absolute Gasteiger partial charge is 0.488 e. The first kappa shape index (κ1) is 28.4. The maximum absolute atomic E-state index is 13.0. The summed E-state index contributed by atoms with van der Waals surface area (Å²) in [5, 5.41) is 8.56. The van der Waals surface area contributed by atoms with Crippen LogP contribution >= 0.6 is 27.7 Å². The Balaban J connectivity index is 1.16. The number of aromatic carboxylic acids is 1. The molecule has 11 heteroatoms. The standard InChI is InChI=1S/C30H26BrN3O6S/c31-24-16-21(8-11-25(24)40-19-20-6-9-22(10-7-20)29(37)38)17-26-28(36)34(30(39)41-26)18-27(35)33-14-12-32(13-15-33)23-4-2-1-3-5-23/h1-11,16-17H,12-15,18-19H2,(H,37,38)/b26-17+. The third-order valence-electron chi connectivity index (χ3n) is 6.77. The number of amides is 3. The Morgan fingerprint density at radius 3 is 2.32 bits per heavy atom. The highest BCUT2D eigenvalue weighted by Gasteiger charge is 2.37. The summed E-state index contributed by atoms with van der Waals surface area (Å²) in [7, 11) is 0. The third kappa shape index (κ3) is 6.80. The molecule has 3 amide bonds. The molecular weight excluding hydrogens is 610 g/mol. The van der Waals surface area contributed by atoms with E-state index >= 15 is 0 Å². The predicted octanol–water partition coefficient (Wildman–Crippen LogP) is 5.11. The molecule has 1 N–H and O–H groups in total. The van der Waals surface area contributed by atoms with Crippen molar-refractivity contribution in [2.45, 2.75) is 6.61 Å². The van der Waals surface area contributed by atoms with Gasteiger partial charge < -0.3 is 19.6 Å². The summed E-state index contributed by atoms with van der Waals surface area (Å²) in [4.78, 5) is 54.7. The fourth-order valence-electron chi connectivity index (χ4n) is 4.50. The zero-order valence-electron chi connectivity index (χ0n) is 21.9. The quantitative estimate of drug-likeness (QED) is 0.340. The monoisotopic (exact) mass is 635 g/mol. The molecule has 2 fully saturated rings. The van der Waals surface area contributed by atoms with E-state index in [9.17, 15) is 19.2 Å². The molecule has 0 spiro atoms. The number of hydrogen-bond donors (Lipinski definition) is 1. The number of carboxylic acids is 1. The lowest BCUT2D eigenvalue weighted by Gasteiger charge is -2.36. The van der Waals surface area contributed by atoms with Crippen LogP contribution in [-0.4, -0.2) is 70.7 Å². The first-order chi connectivity index (χ1) is 19.8. The van der Waals surface area contributed by atoms with E-state index < -0.39 is 17.1 Å². The second-order valence-electron chi connectivity index (χ2n) is 9.45. The predicted molar refractivity (Wildman–Crippen MR) is 160 cm³/mol. The van der Waals surface area contributed by atoms with Crippen LogP contribution in [0.5, 0.6) is 5.75 Å². The van der Waals surface area contributed by atoms with Gasteiger partial charge >= 0.3 is 5.97 Å². The summed E-state index contributed by atoms with van der Waals surface area (Å²) in [6.07, 6.45) is 1.62. The van der Waals surface area contributed by atoms with Gasteiger partial charge in [0.2, 0.25) is 5.91 Å². The van der Waals surface area contributed by atoms with E-state index in [-0.39, 0.29) is 29.5 Å². The fraction of sp³-hybridized carbons (Fsp3) is 0.200. The normalized spacial score (nSPS) is 16.4. The number of thioether (sulfide) groups is 1. The number of benzene rings is 3. The topological polar surface area (TPSA) is 107 Å². The molecule has 9 nitrogen and oxygen atoms in total. The van der Waals surface area contributed by atoms with Gasteiger partial charge in [0.05, 0.1) is 14.9 Å². The second kappa shape index (κ2) is 12.6. The third-order valence-corrected chi connectivity index (χ3v) is 8.30. The molecule has 0 aromatic heterocycles. The molecule has 3 aromatic rings. The van der Waals surface area contributed by atoms with E-state index in [0.717, 1.165) is 27.9 Å². The van der Waals surface area contributed by atoms with E-state index in [2.05, 4.69) is 20.8 Å². The van der Waals surface area contributed by atoms with Crippen molar-refractivity contribution in [3.63, 3.8) is 0 Å². The molecule has 0 aliphatic carbocycles. The average molecular weight is 637 g/mol. The van der Waals surface area contributed by atoms with Crippen molar-refractivity contribution in [3.8, 4) is 5.75 Å². The first-order valence-electron chi connectivity index (χ1n) is 12.9. The van der Waals surface area contributed by atoms with Crippen LogP contribution in [0.3, 0.4) is 0 Å². The van der Waals surface area contributed by atoms with Crippen molar-refractivity contribution < 1.29 is 29.0 Å². The maximum Gasteiger partial charge on any atom is 0.335 e. The van der Waals surface area contributed by atoms with Crippen molar-refractivity contribution in [1.82, 2.24) is 9.80 Å². The second-order valence-corrected chi connectivity index (χ2v) is 11.3. The molecule has 2 heterocycles. The molecule has 3 aromatic carbocycles. The first-order valence-corrected chi connectivity index (χ1v) is 14.5. The van der Waals surface area contributed by atoms with Gasteiger partial charge in [-0.2, -0.15) is 0 Å². The van der Waals surface area contributed by atoms with Gasteiger partial charge in [-0.3, -0.25) is 19.3 Å². The zero-order chi connectivity index (χ0) is 28.9. The van der Waals surface area contributed by atoms with Gasteiger partial charge in [0.15, 0.2) is 0 Å². The average Bonchev–Trinajstić information content (AvgIpc) is 3.24. The smallest absolute Gasteiger partial charge is 0.335 e. The molecule has 5 rings (SSSR count). The summed E-state index contributed by atoms with van der Waals surface area (Å²) in [5.41, 5.74) is 2.81. The van der Waals surface area contributed by atoms with E-state index in [0.29, 0.717) is 42.0 Å². The van der Waals surface area contributed by atoms with Gasteiger partial charge in [0.25, 0.3) is 11.1 Å². The molecule has 2 aliphatic rings. The Bertz CT molecular complexity index is 1500. The van der Waals surface area contributed by atoms with E-state index in [1.165, 1.54) is 12.1 Å². The number of hydrogen-bond acceptors (Lipinski definition) is 7. The van der Waals surface area contributed by atoms with Crippen LogP contribution in [0.2, 0.25) is 0 Å². The molecule has 0 atom stereocenters. The molecular formula is C30H26BrN3O6S. The Morgan fingerprint density at radius 2 is 1.66 bits per heavy atom. The highest BCUT2D eigenvalue weighted by molar-refractivity contribution is 9.10. The Hall–Kier alpha value is -4.09. The van der Waals surface area contributed by atoms with Crippen molar-refractivity contribution >= 4 is 62.5 Å². The van der Waals surface area contributed by atoms with Gasteiger partial charge in [-0.1, -0.05) is 36.4 Å². The SMILES string of the molecule is O=C(O)c1ccc(COc2ccc(/C=C3/SC(=O)N(CC(=O)N4CCN(c5ccccc5)CC4)C3=O)cc2Br)cc1. The summed E-state index contributed by atoms with van der Waals surface area (Å²) < 4.78 is 6.49. The summed E-state index contributed by atoms with van der Waals surface area (Å²) >= 11 is 4.30. The number of halogens is 1. The molecule has 2 saturated heterocycles. The van der Waals surface area contributed by atoms with Gasteiger partial charge in [-0.15, -0.1) is 0 Å². The Morgan fingerprint density at radius 1 is 0.951 bits per heavy atom. The van der Waals surface area contributed by atoms with Crippen molar-refractivity contribution in [2.24, 2.45) is 0 Å². The van der Waals surface area contributed by atoms with Crippen LogP contribution in [0.25, 0.3) is 6.08 Å². The van der Waals surface area contributed by atoms with Crippen molar-refractivity contribution in [3.05, 3.63) is 98.9 Å². The number of carboxylic acid groups (broad SMARTS) is 1. The highest BCUT2D eigenvalue weighted by atomic mass is 79.9. The number of imide groups is 1. The van der Waals surface area contributed by atoms with Gasteiger partial charge in [-0.05, 0) is 81.3 Å². The number of para-hydroxylation sites is 1. The summed E-state index contributed by atoms with van der Waals surface area (Å²) in [6, 6.07) is 21.7. The number of piperazine rings is 1. The van der Waals surface area contributed by atoms with Gasteiger partial charge in [0, 0.05) is 31.9 Å².